The summed E-state index contributed by atoms with van der Waals surface area (Å²) in [5.74, 6) is 0.890. The lowest BCUT2D eigenvalue weighted by atomic mass is 10.3. The molecule has 0 unspecified atom stereocenters. The Morgan fingerprint density at radius 1 is 1.28 bits per heavy atom. The van der Waals surface area contributed by atoms with E-state index < -0.39 is 0 Å². The standard InChI is InChI=1S/C12H10FN5/c1-7-16-11-10(14-6-15-11)12(17-7)18-9-4-2-3-8(13)5-9/h2-6H,1H3,(H2,14,15,16,17,18). The van der Waals surface area contributed by atoms with Gasteiger partial charge in [-0.05, 0) is 25.1 Å². The zero-order chi connectivity index (χ0) is 12.5. The number of nitrogens with zero attached hydrogens (tertiary/aromatic N) is 3. The fourth-order valence-corrected chi connectivity index (χ4v) is 1.74. The molecular formula is C12H10FN5. The fraction of sp³-hybridized carbons (Fsp3) is 0.0833. The monoisotopic (exact) mass is 243 g/mol. The Hall–Kier alpha value is -2.50. The second-order valence-corrected chi connectivity index (χ2v) is 3.86. The molecule has 18 heavy (non-hydrogen) atoms. The smallest absolute Gasteiger partial charge is 0.183 e. The predicted octanol–water partition coefficient (Wildman–Crippen LogP) is 2.54. The lowest BCUT2D eigenvalue weighted by molar-refractivity contribution is 0.628. The van der Waals surface area contributed by atoms with Crippen LogP contribution >= 0.6 is 0 Å². The lowest BCUT2D eigenvalue weighted by Gasteiger charge is -2.06. The zero-order valence-corrected chi connectivity index (χ0v) is 9.61. The number of aromatic nitrogens is 4. The molecule has 2 heterocycles. The molecule has 5 nitrogen and oxygen atoms in total. The predicted molar refractivity (Wildman–Crippen MR) is 66.1 cm³/mol. The van der Waals surface area contributed by atoms with Crippen LogP contribution in [0, 0.1) is 12.7 Å². The molecule has 0 aliphatic rings. The molecule has 0 amide bonds. The third kappa shape index (κ3) is 1.88. The number of aryl methyl sites for hydroxylation is 1. The third-order valence-electron chi connectivity index (χ3n) is 2.48. The van der Waals surface area contributed by atoms with Crippen LogP contribution in [0.4, 0.5) is 15.9 Å². The molecule has 3 aromatic rings. The van der Waals surface area contributed by atoms with Gasteiger partial charge in [0.05, 0.1) is 6.33 Å². The van der Waals surface area contributed by atoms with Gasteiger partial charge in [-0.1, -0.05) is 6.07 Å². The van der Waals surface area contributed by atoms with E-state index in [4.69, 9.17) is 0 Å². The van der Waals surface area contributed by atoms with E-state index in [2.05, 4.69) is 25.3 Å². The van der Waals surface area contributed by atoms with E-state index in [1.165, 1.54) is 12.1 Å². The average molecular weight is 243 g/mol. The van der Waals surface area contributed by atoms with E-state index in [9.17, 15) is 4.39 Å². The van der Waals surface area contributed by atoms with Crippen LogP contribution in [0.25, 0.3) is 11.2 Å². The molecule has 0 aliphatic heterocycles. The Bertz CT molecular complexity index is 707. The second kappa shape index (κ2) is 4.06. The van der Waals surface area contributed by atoms with Crippen LogP contribution in [0.2, 0.25) is 0 Å². The fourth-order valence-electron chi connectivity index (χ4n) is 1.74. The normalized spacial score (nSPS) is 10.8. The first kappa shape index (κ1) is 10.6. The van der Waals surface area contributed by atoms with E-state index in [-0.39, 0.29) is 5.82 Å². The highest BCUT2D eigenvalue weighted by Crippen LogP contribution is 2.21. The number of hydrogen-bond donors (Lipinski definition) is 2. The van der Waals surface area contributed by atoms with Gasteiger partial charge in [-0.25, -0.2) is 19.3 Å². The minimum Gasteiger partial charge on any atom is -0.340 e. The van der Waals surface area contributed by atoms with Crippen molar-refractivity contribution in [1.82, 2.24) is 19.9 Å². The van der Waals surface area contributed by atoms with Gasteiger partial charge in [0.2, 0.25) is 0 Å². The number of benzene rings is 1. The number of H-pyrrole nitrogens is 1. The number of imidazole rings is 1. The highest BCUT2D eigenvalue weighted by atomic mass is 19.1. The van der Waals surface area contributed by atoms with Gasteiger partial charge in [-0.15, -0.1) is 0 Å². The van der Waals surface area contributed by atoms with Crippen molar-refractivity contribution in [2.45, 2.75) is 6.92 Å². The molecule has 1 aromatic carbocycles. The Labute approximate surface area is 102 Å². The zero-order valence-electron chi connectivity index (χ0n) is 9.61. The Balaban J connectivity index is 2.06. The highest BCUT2D eigenvalue weighted by Gasteiger charge is 2.08. The van der Waals surface area contributed by atoms with Crippen LogP contribution in [0.15, 0.2) is 30.6 Å². The molecule has 90 valence electrons. The van der Waals surface area contributed by atoms with Crippen LogP contribution < -0.4 is 5.32 Å². The van der Waals surface area contributed by atoms with Gasteiger partial charge in [0.25, 0.3) is 0 Å². The van der Waals surface area contributed by atoms with E-state index >= 15 is 0 Å². The van der Waals surface area contributed by atoms with Crippen molar-refractivity contribution in [3.05, 3.63) is 42.2 Å². The minimum absolute atomic E-state index is 0.299. The van der Waals surface area contributed by atoms with Crippen LogP contribution in [0.1, 0.15) is 5.82 Å². The summed E-state index contributed by atoms with van der Waals surface area (Å²) in [5, 5.41) is 3.05. The largest absolute Gasteiger partial charge is 0.340 e. The minimum atomic E-state index is -0.299. The molecule has 0 aliphatic carbocycles. The van der Waals surface area contributed by atoms with Crippen LogP contribution in [-0.2, 0) is 0 Å². The van der Waals surface area contributed by atoms with Crippen LogP contribution in [-0.4, -0.2) is 19.9 Å². The number of rotatable bonds is 2. The molecule has 6 heteroatoms. The van der Waals surface area contributed by atoms with E-state index in [1.807, 2.05) is 0 Å². The van der Waals surface area contributed by atoms with Crippen molar-refractivity contribution >= 4 is 22.7 Å². The van der Waals surface area contributed by atoms with Crippen LogP contribution in [0.5, 0.6) is 0 Å². The van der Waals surface area contributed by atoms with Gasteiger partial charge >= 0.3 is 0 Å². The first-order chi connectivity index (χ1) is 8.72. The van der Waals surface area contributed by atoms with Crippen molar-refractivity contribution in [3.8, 4) is 0 Å². The maximum atomic E-state index is 13.1. The number of fused-ring (bicyclic) bond motifs is 1. The van der Waals surface area contributed by atoms with E-state index in [0.29, 0.717) is 28.5 Å². The van der Waals surface area contributed by atoms with Gasteiger partial charge < -0.3 is 10.3 Å². The van der Waals surface area contributed by atoms with Gasteiger partial charge in [-0.3, -0.25) is 0 Å². The number of anilines is 2. The van der Waals surface area contributed by atoms with Crippen molar-refractivity contribution in [1.29, 1.82) is 0 Å². The highest BCUT2D eigenvalue weighted by molar-refractivity contribution is 5.84. The van der Waals surface area contributed by atoms with Gasteiger partial charge in [0, 0.05) is 5.69 Å². The molecule has 2 aromatic heterocycles. The maximum Gasteiger partial charge on any atom is 0.183 e. The van der Waals surface area contributed by atoms with Crippen LogP contribution in [0.3, 0.4) is 0 Å². The summed E-state index contributed by atoms with van der Waals surface area (Å²) in [4.78, 5) is 15.5. The summed E-state index contributed by atoms with van der Waals surface area (Å²) >= 11 is 0. The van der Waals surface area contributed by atoms with E-state index in [0.717, 1.165) is 0 Å². The quantitative estimate of drug-likeness (QED) is 0.725. The first-order valence-electron chi connectivity index (χ1n) is 5.43. The third-order valence-corrected chi connectivity index (χ3v) is 2.48. The Morgan fingerprint density at radius 3 is 3.00 bits per heavy atom. The molecule has 0 saturated heterocycles. The molecule has 0 fully saturated rings. The molecule has 0 bridgehead atoms. The van der Waals surface area contributed by atoms with Gasteiger partial charge in [0.1, 0.15) is 17.2 Å². The molecular weight excluding hydrogens is 233 g/mol. The Morgan fingerprint density at radius 2 is 2.17 bits per heavy atom. The van der Waals surface area contributed by atoms with Crippen molar-refractivity contribution in [2.75, 3.05) is 5.32 Å². The lowest BCUT2D eigenvalue weighted by Crippen LogP contribution is -1.99. The summed E-state index contributed by atoms with van der Waals surface area (Å²) in [5.41, 5.74) is 1.91. The summed E-state index contributed by atoms with van der Waals surface area (Å²) in [6.45, 7) is 1.78. The summed E-state index contributed by atoms with van der Waals surface area (Å²) in [6.07, 6.45) is 1.55. The average Bonchev–Trinajstić information content (AvgIpc) is 2.77. The SMILES string of the molecule is Cc1nc(Nc2cccc(F)c2)c2[nH]cnc2n1. The topological polar surface area (TPSA) is 66.5 Å². The second-order valence-electron chi connectivity index (χ2n) is 3.86. The number of halogens is 1. The van der Waals surface area contributed by atoms with E-state index in [1.54, 1.807) is 25.4 Å². The number of nitrogens with one attached hydrogen (secondary N) is 2. The van der Waals surface area contributed by atoms with Gasteiger partial charge in [0.15, 0.2) is 11.5 Å². The Kier molecular flexibility index (Phi) is 2.40. The maximum absolute atomic E-state index is 13.1. The first-order valence-corrected chi connectivity index (χ1v) is 5.43. The molecule has 2 N–H and O–H groups in total. The molecule has 0 saturated carbocycles. The molecule has 0 spiro atoms. The summed E-state index contributed by atoms with van der Waals surface area (Å²) in [7, 11) is 0. The summed E-state index contributed by atoms with van der Waals surface area (Å²) in [6, 6.07) is 6.19. The number of aromatic amines is 1. The molecule has 0 radical (unpaired) electrons. The molecule has 3 rings (SSSR count). The van der Waals surface area contributed by atoms with Gasteiger partial charge in [-0.2, -0.15) is 0 Å². The summed E-state index contributed by atoms with van der Waals surface area (Å²) < 4.78 is 13.1. The van der Waals surface area contributed by atoms with Crippen molar-refractivity contribution in [2.24, 2.45) is 0 Å². The van der Waals surface area contributed by atoms with Crippen molar-refractivity contribution in [3.63, 3.8) is 0 Å². The molecule has 0 atom stereocenters. The van der Waals surface area contributed by atoms with Crippen molar-refractivity contribution < 1.29 is 4.39 Å². The number of hydrogen-bond acceptors (Lipinski definition) is 4.